The van der Waals surface area contributed by atoms with Crippen LogP contribution in [0.5, 0.6) is 17.2 Å². The summed E-state index contributed by atoms with van der Waals surface area (Å²) >= 11 is 0. The molecule has 0 aliphatic rings. The van der Waals surface area contributed by atoms with Gasteiger partial charge in [-0.2, -0.15) is 0 Å². The van der Waals surface area contributed by atoms with Crippen LogP contribution in [0.4, 0.5) is 0 Å². The molecule has 0 spiro atoms. The maximum Gasteiger partial charge on any atom is 0.163 e. The van der Waals surface area contributed by atoms with E-state index in [0.29, 0.717) is 66.9 Å². The first-order valence-electron chi connectivity index (χ1n) is 13.2. The van der Waals surface area contributed by atoms with Crippen molar-refractivity contribution < 1.29 is 43.9 Å². The van der Waals surface area contributed by atoms with Gasteiger partial charge in [-0.3, -0.25) is 9.59 Å². The predicted octanol–water partition coefficient (Wildman–Crippen LogP) is 2.34. The van der Waals surface area contributed by atoms with Crippen molar-refractivity contribution in [3.05, 3.63) is 77.1 Å². The van der Waals surface area contributed by atoms with Gasteiger partial charge in [0.05, 0.1) is 65.9 Å². The molecule has 0 radical (unpaired) electrons. The molecule has 12 nitrogen and oxygen atoms in total. The summed E-state index contributed by atoms with van der Waals surface area (Å²) in [7, 11) is 1.51. The zero-order valence-corrected chi connectivity index (χ0v) is 23.3. The van der Waals surface area contributed by atoms with Crippen LogP contribution < -0.4 is 9.47 Å². The molecule has 0 saturated heterocycles. The van der Waals surface area contributed by atoms with Gasteiger partial charge in [0.1, 0.15) is 18.1 Å². The zero-order valence-electron chi connectivity index (χ0n) is 23.3. The van der Waals surface area contributed by atoms with Crippen molar-refractivity contribution in [2.24, 2.45) is 0 Å². The van der Waals surface area contributed by atoms with Crippen molar-refractivity contribution in [1.29, 1.82) is 0 Å². The Hall–Kier alpha value is -4.36. The van der Waals surface area contributed by atoms with Crippen LogP contribution in [0.2, 0.25) is 0 Å². The predicted molar refractivity (Wildman–Crippen MR) is 153 cm³/mol. The van der Waals surface area contributed by atoms with Gasteiger partial charge in [-0.15, -0.1) is 5.10 Å². The Morgan fingerprint density at radius 1 is 0.905 bits per heavy atom. The van der Waals surface area contributed by atoms with E-state index in [1.807, 2.05) is 0 Å². The van der Waals surface area contributed by atoms with E-state index in [0.717, 1.165) is 0 Å². The van der Waals surface area contributed by atoms with Crippen molar-refractivity contribution in [3.8, 4) is 17.2 Å². The van der Waals surface area contributed by atoms with Crippen LogP contribution in [0.3, 0.4) is 0 Å². The van der Waals surface area contributed by atoms with Gasteiger partial charge in [0, 0.05) is 5.56 Å². The Morgan fingerprint density at radius 3 is 2.29 bits per heavy atom. The second kappa shape index (κ2) is 17.5. The molecule has 3 rings (SSSR count). The Balaban J connectivity index is 1.45. The average Bonchev–Trinajstić information content (AvgIpc) is 3.45. The number of rotatable bonds is 19. The van der Waals surface area contributed by atoms with E-state index < -0.39 is 0 Å². The lowest BCUT2D eigenvalue weighted by atomic mass is 10.1. The molecule has 0 fully saturated rings. The van der Waals surface area contributed by atoms with E-state index in [1.165, 1.54) is 31.4 Å². The second-order valence-corrected chi connectivity index (χ2v) is 8.94. The number of allylic oxidation sites excluding steroid dienone is 2. The van der Waals surface area contributed by atoms with E-state index in [2.05, 4.69) is 10.3 Å². The van der Waals surface area contributed by atoms with Crippen LogP contribution in [0.25, 0.3) is 12.2 Å². The molecule has 12 heteroatoms. The van der Waals surface area contributed by atoms with Crippen LogP contribution in [0, 0.1) is 0 Å². The first-order valence-corrected chi connectivity index (χ1v) is 13.2. The Kier molecular flexibility index (Phi) is 13.4. The van der Waals surface area contributed by atoms with E-state index in [9.17, 15) is 19.8 Å². The highest BCUT2D eigenvalue weighted by atomic mass is 16.5. The number of carbonyl (C=O) groups excluding carboxylic acids is 2. The van der Waals surface area contributed by atoms with Crippen LogP contribution in [-0.4, -0.2) is 82.0 Å². The number of methoxy groups -OCH3 is 1. The molecule has 0 bridgehead atoms. The highest BCUT2D eigenvalue weighted by molar-refractivity contribution is 6.10. The SMILES string of the molecule is COc1cc(C=CC(=O)CC(=O)C=Cc2ccc(O)c(CO)c2)ccc1OCc1cn(CCOCCOCCO)nn1. The lowest BCUT2D eigenvalue weighted by molar-refractivity contribution is -0.121. The molecule has 1 heterocycles. The first kappa shape index (κ1) is 32.2. The minimum Gasteiger partial charge on any atom is -0.508 e. The maximum atomic E-state index is 12.3. The number of ether oxygens (including phenoxy) is 4. The molecule has 1 aromatic heterocycles. The molecule has 42 heavy (non-hydrogen) atoms. The van der Waals surface area contributed by atoms with E-state index >= 15 is 0 Å². The molecule has 0 aliphatic carbocycles. The highest BCUT2D eigenvalue weighted by Crippen LogP contribution is 2.29. The van der Waals surface area contributed by atoms with Gasteiger partial charge in [-0.05, 0) is 47.5 Å². The summed E-state index contributed by atoms with van der Waals surface area (Å²) < 4.78 is 23.5. The van der Waals surface area contributed by atoms with Crippen LogP contribution in [0.1, 0.15) is 28.8 Å². The Morgan fingerprint density at radius 2 is 1.60 bits per heavy atom. The van der Waals surface area contributed by atoms with Gasteiger partial charge in [0.25, 0.3) is 0 Å². The maximum absolute atomic E-state index is 12.3. The lowest BCUT2D eigenvalue weighted by Crippen LogP contribution is -2.11. The van der Waals surface area contributed by atoms with Crippen LogP contribution in [0.15, 0.2) is 54.7 Å². The smallest absolute Gasteiger partial charge is 0.163 e. The number of phenols is 1. The largest absolute Gasteiger partial charge is 0.508 e. The van der Waals surface area contributed by atoms with Crippen molar-refractivity contribution >= 4 is 23.7 Å². The number of benzene rings is 2. The van der Waals surface area contributed by atoms with E-state index in [4.69, 9.17) is 24.1 Å². The molecule has 0 amide bonds. The summed E-state index contributed by atoms with van der Waals surface area (Å²) in [6.45, 7) is 1.91. The molecular weight excluding hydrogens is 546 g/mol. The van der Waals surface area contributed by atoms with Crippen molar-refractivity contribution in [3.63, 3.8) is 0 Å². The summed E-state index contributed by atoms with van der Waals surface area (Å²) in [4.78, 5) is 24.5. The molecule has 0 aliphatic heterocycles. The molecular formula is C30H35N3O9. The van der Waals surface area contributed by atoms with Crippen molar-refractivity contribution in [2.45, 2.75) is 26.2 Å². The number of hydrogen-bond acceptors (Lipinski definition) is 11. The fraction of sp³-hybridized carbons (Fsp3) is 0.333. The van der Waals surface area contributed by atoms with E-state index in [1.54, 1.807) is 47.3 Å². The number of nitrogens with zero attached hydrogens (tertiary/aromatic N) is 3. The van der Waals surface area contributed by atoms with Gasteiger partial charge < -0.3 is 34.3 Å². The average molecular weight is 582 g/mol. The minimum atomic E-state index is -0.377. The van der Waals surface area contributed by atoms with Crippen LogP contribution in [-0.2, 0) is 38.8 Å². The summed E-state index contributed by atoms with van der Waals surface area (Å²) in [6, 6.07) is 9.77. The number of aromatic nitrogens is 3. The standard InChI is InChI=1S/C30H35N3O9/c1-39-30-17-23(3-7-27(37)18-26(36)6-2-22-4-8-28(38)24(16-22)20-35)5-9-29(30)42-21-25-19-33(32-31-25)10-12-40-14-15-41-13-11-34/h2-9,16-17,19,34-35,38H,10-15,18,20-21H2,1H3. The number of ketones is 2. The Labute approximate surface area is 243 Å². The molecule has 0 atom stereocenters. The number of carbonyl (C=O) groups is 2. The highest BCUT2D eigenvalue weighted by Gasteiger charge is 2.09. The third-order valence-electron chi connectivity index (χ3n) is 5.77. The normalized spacial score (nSPS) is 11.4. The third-order valence-corrected chi connectivity index (χ3v) is 5.77. The molecule has 3 aromatic rings. The third kappa shape index (κ3) is 10.9. The Bertz CT molecular complexity index is 1370. The monoisotopic (exact) mass is 581 g/mol. The van der Waals surface area contributed by atoms with Gasteiger partial charge >= 0.3 is 0 Å². The minimum absolute atomic E-state index is 0.0143. The first-order chi connectivity index (χ1) is 20.4. The number of aliphatic hydroxyl groups is 2. The van der Waals surface area contributed by atoms with Crippen molar-refractivity contribution in [2.75, 3.05) is 40.1 Å². The van der Waals surface area contributed by atoms with Crippen molar-refractivity contribution in [1.82, 2.24) is 15.0 Å². The molecule has 2 aromatic carbocycles. The summed E-state index contributed by atoms with van der Waals surface area (Å²) in [6.07, 6.45) is 7.19. The number of hydrogen-bond donors (Lipinski definition) is 3. The van der Waals surface area contributed by atoms with Gasteiger partial charge in [-0.25, -0.2) is 4.68 Å². The van der Waals surface area contributed by atoms with Gasteiger partial charge in [0.15, 0.2) is 23.1 Å². The number of aromatic hydroxyl groups is 1. The fourth-order valence-electron chi connectivity index (χ4n) is 3.62. The van der Waals surface area contributed by atoms with Gasteiger partial charge in [0.2, 0.25) is 0 Å². The lowest BCUT2D eigenvalue weighted by Gasteiger charge is -2.10. The zero-order chi connectivity index (χ0) is 30.2. The summed E-state index contributed by atoms with van der Waals surface area (Å²) in [5, 5.41) is 35.7. The molecule has 0 saturated carbocycles. The molecule has 224 valence electrons. The fourth-order valence-corrected chi connectivity index (χ4v) is 3.62. The quantitative estimate of drug-likeness (QED) is 0.108. The van der Waals surface area contributed by atoms with E-state index in [-0.39, 0.29) is 43.6 Å². The number of aliphatic hydroxyl groups excluding tert-OH is 2. The topological polar surface area (TPSA) is 162 Å². The summed E-state index contributed by atoms with van der Waals surface area (Å²) in [5.41, 5.74) is 2.27. The molecule has 0 unspecified atom stereocenters. The molecule has 3 N–H and O–H groups in total. The summed E-state index contributed by atoms with van der Waals surface area (Å²) in [5.74, 6) is 0.176. The van der Waals surface area contributed by atoms with Gasteiger partial charge in [-0.1, -0.05) is 29.5 Å². The second-order valence-electron chi connectivity index (χ2n) is 8.94. The van der Waals surface area contributed by atoms with Crippen LogP contribution >= 0.6 is 0 Å².